The molecule has 1 fully saturated rings. The monoisotopic (exact) mass is 492 g/mol. The maximum atomic E-state index is 13.6. The fraction of sp³-hybridized carbons (Fsp3) is 0.381. The number of anilines is 2. The van der Waals surface area contributed by atoms with Gasteiger partial charge in [0.15, 0.2) is 11.5 Å². The number of carbonyl (C=O) groups excluding carboxylic acids is 1. The Bertz CT molecular complexity index is 1150. The first kappa shape index (κ1) is 19.7. The number of benzene rings is 2. The van der Waals surface area contributed by atoms with Gasteiger partial charge in [-0.2, -0.15) is 0 Å². The Morgan fingerprint density at radius 2 is 1.97 bits per heavy atom. The summed E-state index contributed by atoms with van der Waals surface area (Å²) >= 11 is 3.45. The fourth-order valence-electron chi connectivity index (χ4n) is 4.02. The molecule has 1 saturated carbocycles. The number of halogens is 1. The number of amides is 1. The molecule has 1 amide bonds. The molecule has 2 aromatic rings. The summed E-state index contributed by atoms with van der Waals surface area (Å²) < 4.78 is 39.8. The molecular weight excluding hydrogens is 472 g/mol. The SMILES string of the molecule is CCN(c1ccc2c(c1)OCO2)S(=O)(=O)c1cc2c(cc1Br)CCN2C(=O)C1CC1. The van der Waals surface area contributed by atoms with Crippen LogP contribution in [0.15, 0.2) is 39.7 Å². The number of hydrogen-bond acceptors (Lipinski definition) is 5. The van der Waals surface area contributed by atoms with Crippen LogP contribution in [-0.2, 0) is 21.2 Å². The summed E-state index contributed by atoms with van der Waals surface area (Å²) in [4.78, 5) is 14.6. The zero-order valence-electron chi connectivity index (χ0n) is 16.4. The molecule has 0 spiro atoms. The number of carbonyl (C=O) groups is 1. The van der Waals surface area contributed by atoms with Gasteiger partial charge in [0.05, 0.1) is 5.69 Å². The van der Waals surface area contributed by atoms with E-state index in [9.17, 15) is 13.2 Å². The Balaban J connectivity index is 1.55. The fourth-order valence-corrected chi connectivity index (χ4v) is 6.55. The summed E-state index contributed by atoms with van der Waals surface area (Å²) in [5.74, 6) is 1.30. The Morgan fingerprint density at radius 3 is 2.70 bits per heavy atom. The van der Waals surface area contributed by atoms with Gasteiger partial charge in [0.2, 0.25) is 12.7 Å². The van der Waals surface area contributed by atoms with Gasteiger partial charge in [-0.3, -0.25) is 9.10 Å². The second-order valence-electron chi connectivity index (χ2n) is 7.63. The molecule has 0 aromatic heterocycles. The maximum absolute atomic E-state index is 13.6. The predicted octanol–water partition coefficient (Wildman–Crippen LogP) is 3.69. The zero-order valence-corrected chi connectivity index (χ0v) is 18.8. The van der Waals surface area contributed by atoms with Crippen molar-refractivity contribution in [2.75, 3.05) is 29.1 Å². The minimum absolute atomic E-state index is 0.0837. The number of fused-ring (bicyclic) bond motifs is 2. The van der Waals surface area contributed by atoms with E-state index in [0.717, 1.165) is 24.8 Å². The molecule has 7 nitrogen and oxygen atoms in total. The second kappa shape index (κ2) is 7.16. The number of ether oxygens (including phenoxy) is 2. The predicted molar refractivity (Wildman–Crippen MR) is 116 cm³/mol. The summed E-state index contributed by atoms with van der Waals surface area (Å²) in [7, 11) is -3.88. The highest BCUT2D eigenvalue weighted by Crippen LogP contribution is 2.41. The van der Waals surface area contributed by atoms with Crippen LogP contribution in [0.2, 0.25) is 0 Å². The van der Waals surface area contributed by atoms with Gasteiger partial charge < -0.3 is 14.4 Å². The molecule has 30 heavy (non-hydrogen) atoms. The average molecular weight is 493 g/mol. The third-order valence-electron chi connectivity index (χ3n) is 5.72. The standard InChI is InChI=1S/C21H21BrN2O5S/c1-2-24(15-5-6-18-19(10-15)29-12-28-18)30(26,27)20-11-17-14(9-16(20)22)7-8-23(17)21(25)13-3-4-13/h5-6,9-11,13H,2-4,7-8,12H2,1H3. The molecule has 0 bridgehead atoms. The summed E-state index contributed by atoms with van der Waals surface area (Å²) in [5.41, 5.74) is 2.19. The van der Waals surface area contributed by atoms with E-state index in [-0.39, 0.29) is 30.1 Å². The van der Waals surface area contributed by atoms with Crippen LogP contribution in [0.25, 0.3) is 0 Å². The van der Waals surface area contributed by atoms with Crippen molar-refractivity contribution in [2.24, 2.45) is 5.92 Å². The summed E-state index contributed by atoms with van der Waals surface area (Å²) in [6, 6.07) is 8.56. The molecular formula is C21H21BrN2O5S. The first-order valence-electron chi connectivity index (χ1n) is 9.96. The van der Waals surface area contributed by atoms with Crippen molar-refractivity contribution in [3.8, 4) is 11.5 Å². The van der Waals surface area contributed by atoms with Crippen molar-refractivity contribution in [1.82, 2.24) is 0 Å². The summed E-state index contributed by atoms with van der Waals surface area (Å²) in [6.45, 7) is 2.75. The molecule has 0 radical (unpaired) electrons. The van der Waals surface area contributed by atoms with Gasteiger partial charge in [0, 0.05) is 35.2 Å². The average Bonchev–Trinajstić information content (AvgIpc) is 3.33. The first-order chi connectivity index (χ1) is 14.4. The van der Waals surface area contributed by atoms with E-state index in [1.165, 1.54) is 4.31 Å². The topological polar surface area (TPSA) is 76.2 Å². The Kier molecular flexibility index (Phi) is 4.70. The molecule has 5 rings (SSSR count). The normalized spacial score (nSPS) is 17.2. The molecule has 2 heterocycles. The largest absolute Gasteiger partial charge is 0.454 e. The molecule has 9 heteroatoms. The van der Waals surface area contributed by atoms with Crippen molar-refractivity contribution in [3.05, 3.63) is 40.4 Å². The van der Waals surface area contributed by atoms with Crippen LogP contribution in [0, 0.1) is 5.92 Å². The van der Waals surface area contributed by atoms with Gasteiger partial charge in [0.1, 0.15) is 4.90 Å². The maximum Gasteiger partial charge on any atom is 0.265 e. The van der Waals surface area contributed by atoms with E-state index in [4.69, 9.17) is 9.47 Å². The molecule has 158 valence electrons. The smallest absolute Gasteiger partial charge is 0.265 e. The number of sulfonamides is 1. The van der Waals surface area contributed by atoms with Crippen LogP contribution in [0.3, 0.4) is 0 Å². The Labute approximate surface area is 183 Å². The van der Waals surface area contributed by atoms with Crippen LogP contribution in [0.4, 0.5) is 11.4 Å². The van der Waals surface area contributed by atoms with E-state index in [0.29, 0.717) is 33.9 Å². The quantitative estimate of drug-likeness (QED) is 0.635. The first-order valence-corrected chi connectivity index (χ1v) is 12.2. The number of hydrogen-bond donors (Lipinski definition) is 0. The third kappa shape index (κ3) is 3.15. The van der Waals surface area contributed by atoms with Crippen molar-refractivity contribution >= 4 is 43.2 Å². The number of nitrogens with zero attached hydrogens (tertiary/aromatic N) is 2. The Hall–Kier alpha value is -2.26. The Morgan fingerprint density at radius 1 is 1.20 bits per heavy atom. The van der Waals surface area contributed by atoms with E-state index < -0.39 is 10.0 Å². The molecule has 3 aliphatic rings. The van der Waals surface area contributed by atoms with Crippen molar-refractivity contribution in [2.45, 2.75) is 31.1 Å². The van der Waals surface area contributed by atoms with E-state index in [1.54, 1.807) is 36.1 Å². The summed E-state index contributed by atoms with van der Waals surface area (Å²) in [6.07, 6.45) is 2.56. The highest BCUT2D eigenvalue weighted by Gasteiger charge is 2.38. The number of rotatable bonds is 5. The van der Waals surface area contributed by atoms with Crippen LogP contribution in [0.5, 0.6) is 11.5 Å². The zero-order chi connectivity index (χ0) is 21.0. The van der Waals surface area contributed by atoms with Gasteiger partial charge in [-0.1, -0.05) is 0 Å². The van der Waals surface area contributed by atoms with Gasteiger partial charge in [0.25, 0.3) is 10.0 Å². The lowest BCUT2D eigenvalue weighted by Gasteiger charge is -2.25. The van der Waals surface area contributed by atoms with Crippen molar-refractivity contribution in [1.29, 1.82) is 0 Å². The lowest BCUT2D eigenvalue weighted by Crippen LogP contribution is -2.32. The van der Waals surface area contributed by atoms with Crippen LogP contribution in [0.1, 0.15) is 25.3 Å². The van der Waals surface area contributed by atoms with Crippen LogP contribution >= 0.6 is 15.9 Å². The van der Waals surface area contributed by atoms with Crippen LogP contribution < -0.4 is 18.7 Å². The van der Waals surface area contributed by atoms with Gasteiger partial charge in [-0.25, -0.2) is 8.42 Å². The second-order valence-corrected chi connectivity index (χ2v) is 10.3. The van der Waals surface area contributed by atoms with E-state index in [1.807, 2.05) is 6.07 Å². The van der Waals surface area contributed by atoms with Crippen molar-refractivity contribution < 1.29 is 22.7 Å². The van der Waals surface area contributed by atoms with Crippen LogP contribution in [-0.4, -0.2) is 34.2 Å². The van der Waals surface area contributed by atoms with Gasteiger partial charge in [-0.05, 0) is 71.9 Å². The van der Waals surface area contributed by atoms with E-state index in [2.05, 4.69) is 15.9 Å². The molecule has 0 unspecified atom stereocenters. The minimum atomic E-state index is -3.88. The molecule has 2 aliphatic heterocycles. The molecule has 2 aromatic carbocycles. The lowest BCUT2D eigenvalue weighted by atomic mass is 10.2. The molecule has 0 saturated heterocycles. The van der Waals surface area contributed by atoms with Gasteiger partial charge >= 0.3 is 0 Å². The highest BCUT2D eigenvalue weighted by molar-refractivity contribution is 9.10. The van der Waals surface area contributed by atoms with Crippen molar-refractivity contribution in [3.63, 3.8) is 0 Å². The molecule has 0 atom stereocenters. The molecule has 0 N–H and O–H groups in total. The highest BCUT2D eigenvalue weighted by atomic mass is 79.9. The van der Waals surface area contributed by atoms with E-state index >= 15 is 0 Å². The minimum Gasteiger partial charge on any atom is -0.454 e. The van der Waals surface area contributed by atoms with Gasteiger partial charge in [-0.15, -0.1) is 0 Å². The lowest BCUT2D eigenvalue weighted by molar-refractivity contribution is -0.119. The summed E-state index contributed by atoms with van der Waals surface area (Å²) in [5, 5.41) is 0. The third-order valence-corrected chi connectivity index (χ3v) is 8.58. The molecule has 1 aliphatic carbocycles.